The largest absolute Gasteiger partial charge is 0.416 e. The van der Waals surface area contributed by atoms with E-state index in [0.29, 0.717) is 24.5 Å². The first-order valence-corrected chi connectivity index (χ1v) is 7.74. The maximum absolute atomic E-state index is 13.0. The number of para-hydroxylation sites is 1. The minimum absolute atomic E-state index is 0.433. The number of hydrogen-bond acceptors (Lipinski definition) is 4. The Bertz CT molecular complexity index is 830. The number of anilines is 2. The minimum Gasteiger partial charge on any atom is -0.342 e. The average molecular weight is 347 g/mol. The third-order valence-corrected chi connectivity index (χ3v) is 3.82. The van der Waals surface area contributed by atoms with Crippen LogP contribution in [0.4, 0.5) is 24.5 Å². The molecule has 2 aromatic carbocycles. The molecule has 1 N–H and O–H groups in total. The maximum Gasteiger partial charge on any atom is 0.416 e. The van der Waals surface area contributed by atoms with Crippen LogP contribution in [-0.2, 0) is 12.6 Å². The number of hydrogen-bond donors (Lipinski definition) is 1. The van der Waals surface area contributed by atoms with Crippen molar-refractivity contribution in [1.82, 2.24) is 20.6 Å². The van der Waals surface area contributed by atoms with E-state index >= 15 is 0 Å². The summed E-state index contributed by atoms with van der Waals surface area (Å²) >= 11 is 0. The van der Waals surface area contributed by atoms with E-state index in [2.05, 4.69) is 20.6 Å². The highest BCUT2D eigenvalue weighted by Gasteiger charge is 2.31. The molecule has 0 bridgehead atoms. The van der Waals surface area contributed by atoms with Crippen molar-refractivity contribution in [3.05, 3.63) is 65.5 Å². The average Bonchev–Trinajstić information content (AvgIpc) is 3.10. The van der Waals surface area contributed by atoms with E-state index in [1.165, 1.54) is 6.07 Å². The normalized spacial score (nSPS) is 11.5. The molecule has 0 atom stereocenters. The molecular formula is C17H16F3N5. The number of nitrogens with zero attached hydrogens (tertiary/aromatic N) is 4. The van der Waals surface area contributed by atoms with Crippen LogP contribution < -0.4 is 4.90 Å². The molecule has 0 saturated carbocycles. The zero-order chi connectivity index (χ0) is 17.9. The Morgan fingerprint density at radius 3 is 2.56 bits per heavy atom. The number of tetrazole rings is 1. The molecule has 0 aliphatic carbocycles. The first-order valence-electron chi connectivity index (χ1n) is 7.74. The van der Waals surface area contributed by atoms with E-state index in [-0.39, 0.29) is 0 Å². The Morgan fingerprint density at radius 1 is 1.08 bits per heavy atom. The van der Waals surface area contributed by atoms with Gasteiger partial charge in [-0.25, -0.2) is 0 Å². The first-order chi connectivity index (χ1) is 12.0. The zero-order valence-corrected chi connectivity index (χ0v) is 13.5. The van der Waals surface area contributed by atoms with Crippen LogP contribution >= 0.6 is 0 Å². The van der Waals surface area contributed by atoms with Crippen molar-refractivity contribution >= 4 is 11.4 Å². The van der Waals surface area contributed by atoms with Crippen molar-refractivity contribution in [3.63, 3.8) is 0 Å². The van der Waals surface area contributed by atoms with Crippen molar-refractivity contribution in [2.45, 2.75) is 19.5 Å². The van der Waals surface area contributed by atoms with Gasteiger partial charge in [-0.1, -0.05) is 29.5 Å². The van der Waals surface area contributed by atoms with E-state index in [1.54, 1.807) is 6.07 Å². The summed E-state index contributed by atoms with van der Waals surface area (Å²) in [6.07, 6.45) is -3.94. The van der Waals surface area contributed by atoms with Gasteiger partial charge in [-0.2, -0.15) is 18.4 Å². The van der Waals surface area contributed by atoms with E-state index in [1.807, 2.05) is 36.1 Å². The number of aromatic amines is 1. The topological polar surface area (TPSA) is 57.7 Å². The summed E-state index contributed by atoms with van der Waals surface area (Å²) in [5.74, 6) is 0.521. The summed E-state index contributed by atoms with van der Waals surface area (Å²) in [5.41, 5.74) is 1.54. The summed E-state index contributed by atoms with van der Waals surface area (Å²) in [5, 5.41) is 13.8. The van der Waals surface area contributed by atoms with Crippen LogP contribution in [0.2, 0.25) is 0 Å². The van der Waals surface area contributed by atoms with Gasteiger partial charge in [0.2, 0.25) is 0 Å². The number of benzene rings is 2. The number of alkyl halides is 3. The highest BCUT2D eigenvalue weighted by atomic mass is 19.4. The van der Waals surface area contributed by atoms with Crippen LogP contribution in [0, 0.1) is 0 Å². The van der Waals surface area contributed by atoms with Gasteiger partial charge in [0, 0.05) is 24.3 Å². The van der Waals surface area contributed by atoms with Gasteiger partial charge in [0.1, 0.15) is 0 Å². The lowest BCUT2D eigenvalue weighted by atomic mass is 10.1. The number of H-pyrrole nitrogens is 1. The van der Waals surface area contributed by atoms with Gasteiger partial charge in [0.25, 0.3) is 0 Å². The van der Waals surface area contributed by atoms with Gasteiger partial charge in [0.15, 0.2) is 5.82 Å². The lowest BCUT2D eigenvalue weighted by molar-refractivity contribution is -0.137. The number of rotatable bonds is 5. The Labute approximate surface area is 142 Å². The fraction of sp³-hybridized carbons (Fsp3) is 0.235. The molecule has 130 valence electrons. The molecule has 0 amide bonds. The molecule has 8 heteroatoms. The second-order valence-corrected chi connectivity index (χ2v) is 5.43. The monoisotopic (exact) mass is 347 g/mol. The van der Waals surface area contributed by atoms with Gasteiger partial charge in [0.05, 0.1) is 5.56 Å². The Hall–Kier alpha value is -2.90. The molecule has 0 radical (unpaired) electrons. The van der Waals surface area contributed by atoms with Gasteiger partial charge < -0.3 is 4.90 Å². The molecule has 0 spiro atoms. The predicted octanol–water partition coefficient (Wildman–Crippen LogP) is 3.97. The molecule has 25 heavy (non-hydrogen) atoms. The summed E-state index contributed by atoms with van der Waals surface area (Å²) in [6, 6.07) is 12.8. The second kappa shape index (κ2) is 6.92. The molecule has 3 aromatic rings. The molecule has 0 saturated heterocycles. The fourth-order valence-electron chi connectivity index (χ4n) is 2.69. The van der Waals surface area contributed by atoms with E-state index in [9.17, 15) is 13.2 Å². The van der Waals surface area contributed by atoms with Crippen LogP contribution in [-0.4, -0.2) is 27.2 Å². The molecule has 5 nitrogen and oxygen atoms in total. The summed E-state index contributed by atoms with van der Waals surface area (Å²) < 4.78 is 39.1. The number of aromatic nitrogens is 4. The lowest BCUT2D eigenvalue weighted by Crippen LogP contribution is -2.18. The van der Waals surface area contributed by atoms with Crippen LogP contribution in [0.5, 0.6) is 0 Å². The summed E-state index contributed by atoms with van der Waals surface area (Å²) in [7, 11) is 0. The van der Waals surface area contributed by atoms with Crippen molar-refractivity contribution < 1.29 is 13.2 Å². The van der Waals surface area contributed by atoms with E-state index < -0.39 is 11.7 Å². The maximum atomic E-state index is 13.0. The summed E-state index contributed by atoms with van der Waals surface area (Å²) in [6.45, 7) is 2.41. The Balaban J connectivity index is 1.99. The predicted molar refractivity (Wildman–Crippen MR) is 87.5 cm³/mol. The third-order valence-electron chi connectivity index (χ3n) is 3.82. The summed E-state index contributed by atoms with van der Waals surface area (Å²) in [4.78, 5) is 1.84. The minimum atomic E-state index is -4.38. The number of halogens is 3. The zero-order valence-electron chi connectivity index (χ0n) is 13.5. The van der Waals surface area contributed by atoms with Crippen molar-refractivity contribution in [2.75, 3.05) is 11.4 Å². The van der Waals surface area contributed by atoms with E-state index in [4.69, 9.17) is 0 Å². The molecule has 0 aliphatic heterocycles. The molecular weight excluding hydrogens is 331 g/mol. The fourth-order valence-corrected chi connectivity index (χ4v) is 2.69. The van der Waals surface area contributed by atoms with Crippen LogP contribution in [0.1, 0.15) is 23.9 Å². The van der Waals surface area contributed by atoms with Crippen molar-refractivity contribution in [2.24, 2.45) is 0 Å². The van der Waals surface area contributed by atoms with Gasteiger partial charge in [-0.3, -0.25) is 0 Å². The van der Waals surface area contributed by atoms with Crippen molar-refractivity contribution in [1.29, 1.82) is 0 Å². The van der Waals surface area contributed by atoms with Gasteiger partial charge in [-0.15, -0.1) is 10.2 Å². The van der Waals surface area contributed by atoms with E-state index in [0.717, 1.165) is 23.4 Å². The Kier molecular flexibility index (Phi) is 4.69. The smallest absolute Gasteiger partial charge is 0.342 e. The first kappa shape index (κ1) is 16.9. The van der Waals surface area contributed by atoms with Crippen LogP contribution in [0.25, 0.3) is 0 Å². The standard InChI is InChI=1S/C17H16F3N5/c1-2-25(14-8-5-7-13(11-14)17(18,19)20)15-9-4-3-6-12(15)10-16-21-23-24-22-16/h3-9,11H,2,10H2,1H3,(H,21,22,23,24). The molecule has 3 rings (SSSR count). The SMILES string of the molecule is CCN(c1cccc(C(F)(F)F)c1)c1ccccc1Cc1nn[nH]n1. The quantitative estimate of drug-likeness (QED) is 0.759. The molecule has 0 aliphatic rings. The molecule has 0 unspecified atom stereocenters. The molecule has 1 heterocycles. The Morgan fingerprint density at radius 2 is 1.88 bits per heavy atom. The highest BCUT2D eigenvalue weighted by molar-refractivity contribution is 5.67. The highest BCUT2D eigenvalue weighted by Crippen LogP contribution is 2.35. The van der Waals surface area contributed by atoms with Crippen LogP contribution in [0.15, 0.2) is 48.5 Å². The molecule has 0 fully saturated rings. The van der Waals surface area contributed by atoms with Crippen LogP contribution in [0.3, 0.4) is 0 Å². The second-order valence-electron chi connectivity index (χ2n) is 5.43. The van der Waals surface area contributed by atoms with Crippen molar-refractivity contribution in [3.8, 4) is 0 Å². The van der Waals surface area contributed by atoms with Gasteiger partial charge in [-0.05, 0) is 36.8 Å². The van der Waals surface area contributed by atoms with Gasteiger partial charge >= 0.3 is 6.18 Å². The number of nitrogens with one attached hydrogen (secondary N) is 1. The lowest BCUT2D eigenvalue weighted by Gasteiger charge is -2.26. The molecule has 1 aromatic heterocycles. The third kappa shape index (κ3) is 3.78.